The smallest absolute Gasteiger partial charge is 0.319 e. The van der Waals surface area contributed by atoms with Crippen molar-refractivity contribution in [2.45, 2.75) is 44.1 Å². The number of unbranched alkanes of at least 4 members (excludes halogenated alkanes) is 1. The van der Waals surface area contributed by atoms with Gasteiger partial charge in [0.25, 0.3) is 5.22 Å². The van der Waals surface area contributed by atoms with E-state index in [1.165, 1.54) is 17.3 Å². The summed E-state index contributed by atoms with van der Waals surface area (Å²) in [6.45, 7) is 6.30. The molecule has 5 nitrogen and oxygen atoms in total. The number of esters is 1. The second-order valence-corrected chi connectivity index (χ2v) is 6.31. The number of carbonyl (C=O) groups excluding carboxylic acids is 1. The molecule has 118 valence electrons. The van der Waals surface area contributed by atoms with Crippen molar-refractivity contribution in [3.8, 4) is 11.5 Å². The Kier molecular flexibility index (Phi) is 6.00. The normalized spacial score (nSPS) is 12.1. The van der Waals surface area contributed by atoms with Crippen LogP contribution in [0.25, 0.3) is 11.5 Å². The molecule has 2 rings (SSSR count). The minimum Gasteiger partial charge on any atom is -0.465 e. The van der Waals surface area contributed by atoms with Crippen LogP contribution in [0, 0.1) is 6.92 Å². The first-order valence-corrected chi connectivity index (χ1v) is 8.22. The van der Waals surface area contributed by atoms with Gasteiger partial charge in [0.15, 0.2) is 0 Å². The monoisotopic (exact) mass is 320 g/mol. The summed E-state index contributed by atoms with van der Waals surface area (Å²) in [7, 11) is 0. The topological polar surface area (TPSA) is 65.2 Å². The molecule has 1 aromatic heterocycles. The minimum absolute atomic E-state index is 0.256. The standard InChI is InChI=1S/C16H20N2O3S/c1-4-5-10-20-15(19)12(3)22-16-18-17-14(21-16)13-8-6-11(2)7-9-13/h6-9,12H,4-5,10H2,1-3H3. The molecule has 0 spiro atoms. The van der Waals surface area contributed by atoms with Gasteiger partial charge in [-0.1, -0.05) is 42.8 Å². The molecule has 0 amide bonds. The summed E-state index contributed by atoms with van der Waals surface area (Å²) in [6.07, 6.45) is 1.87. The summed E-state index contributed by atoms with van der Waals surface area (Å²) in [5.74, 6) is 0.197. The molecule has 0 bridgehead atoms. The lowest BCUT2D eigenvalue weighted by Gasteiger charge is -2.08. The van der Waals surface area contributed by atoms with Gasteiger partial charge in [0, 0.05) is 5.56 Å². The molecule has 2 aromatic rings. The Morgan fingerprint density at radius 3 is 2.73 bits per heavy atom. The lowest BCUT2D eigenvalue weighted by Crippen LogP contribution is -2.17. The van der Waals surface area contributed by atoms with Crippen molar-refractivity contribution in [3.63, 3.8) is 0 Å². The molecule has 0 aliphatic heterocycles. The van der Waals surface area contributed by atoms with Crippen LogP contribution >= 0.6 is 11.8 Å². The Bertz CT molecular complexity index is 610. The van der Waals surface area contributed by atoms with Crippen LogP contribution in [0.15, 0.2) is 33.9 Å². The van der Waals surface area contributed by atoms with Crippen LogP contribution in [0.5, 0.6) is 0 Å². The van der Waals surface area contributed by atoms with Crippen molar-refractivity contribution in [2.75, 3.05) is 6.61 Å². The molecule has 1 unspecified atom stereocenters. The molecule has 22 heavy (non-hydrogen) atoms. The first-order valence-electron chi connectivity index (χ1n) is 7.34. The maximum atomic E-state index is 11.8. The summed E-state index contributed by atoms with van der Waals surface area (Å²) in [5.41, 5.74) is 2.03. The zero-order chi connectivity index (χ0) is 15.9. The first-order chi connectivity index (χ1) is 10.6. The molecule has 0 aliphatic rings. The van der Waals surface area contributed by atoms with E-state index in [1.54, 1.807) is 6.92 Å². The highest BCUT2D eigenvalue weighted by Crippen LogP contribution is 2.26. The summed E-state index contributed by atoms with van der Waals surface area (Å²) in [6, 6.07) is 7.83. The maximum Gasteiger partial charge on any atom is 0.319 e. The lowest BCUT2D eigenvalue weighted by atomic mass is 10.1. The number of thioether (sulfide) groups is 1. The van der Waals surface area contributed by atoms with E-state index in [9.17, 15) is 4.79 Å². The molecule has 1 aromatic carbocycles. The minimum atomic E-state index is -0.372. The average Bonchev–Trinajstić information content (AvgIpc) is 2.96. The van der Waals surface area contributed by atoms with Gasteiger partial charge >= 0.3 is 5.97 Å². The van der Waals surface area contributed by atoms with Gasteiger partial charge in [-0.2, -0.15) is 0 Å². The van der Waals surface area contributed by atoms with Crippen LogP contribution in [0.3, 0.4) is 0 Å². The molecule has 0 saturated heterocycles. The van der Waals surface area contributed by atoms with E-state index < -0.39 is 0 Å². The fourth-order valence-electron chi connectivity index (χ4n) is 1.70. The summed E-state index contributed by atoms with van der Waals surface area (Å²) in [5, 5.41) is 7.99. The Hall–Kier alpha value is -1.82. The van der Waals surface area contributed by atoms with Crippen molar-refractivity contribution in [1.29, 1.82) is 0 Å². The van der Waals surface area contributed by atoms with E-state index in [-0.39, 0.29) is 11.2 Å². The van der Waals surface area contributed by atoms with Gasteiger partial charge in [0.1, 0.15) is 5.25 Å². The van der Waals surface area contributed by atoms with E-state index in [4.69, 9.17) is 9.15 Å². The third kappa shape index (κ3) is 4.59. The van der Waals surface area contributed by atoms with Gasteiger partial charge in [0.2, 0.25) is 5.89 Å². The second kappa shape index (κ2) is 7.98. The Balaban J connectivity index is 1.94. The zero-order valence-corrected chi connectivity index (χ0v) is 13.9. The summed E-state index contributed by atoms with van der Waals surface area (Å²) >= 11 is 1.21. The molecule has 0 aliphatic carbocycles. The first kappa shape index (κ1) is 16.5. The molecule has 0 fully saturated rings. The largest absolute Gasteiger partial charge is 0.465 e. The van der Waals surface area contributed by atoms with Crippen LogP contribution in [0.4, 0.5) is 0 Å². The fourth-order valence-corrected chi connectivity index (χ4v) is 2.39. The summed E-state index contributed by atoms with van der Waals surface area (Å²) < 4.78 is 10.8. The van der Waals surface area contributed by atoms with Gasteiger partial charge in [-0.3, -0.25) is 4.79 Å². The summed E-state index contributed by atoms with van der Waals surface area (Å²) in [4.78, 5) is 11.8. The average molecular weight is 320 g/mol. The van der Waals surface area contributed by atoms with Crippen LogP contribution in [0.2, 0.25) is 0 Å². The predicted octanol–water partition coefficient (Wildman–Crippen LogP) is 3.87. The number of aryl methyl sites for hydroxylation is 1. The van der Waals surface area contributed by atoms with Crippen molar-refractivity contribution >= 4 is 17.7 Å². The molecule has 0 N–H and O–H groups in total. The Morgan fingerprint density at radius 2 is 2.05 bits per heavy atom. The Labute approximate surface area is 134 Å². The number of aromatic nitrogens is 2. The molecular weight excluding hydrogens is 300 g/mol. The second-order valence-electron chi connectivity index (χ2n) is 5.02. The van der Waals surface area contributed by atoms with E-state index in [2.05, 4.69) is 17.1 Å². The molecule has 1 atom stereocenters. The highest BCUT2D eigenvalue weighted by molar-refractivity contribution is 8.00. The molecule has 0 radical (unpaired) electrons. The van der Waals surface area contributed by atoms with Crippen LogP contribution in [0.1, 0.15) is 32.3 Å². The number of benzene rings is 1. The van der Waals surface area contributed by atoms with Crippen molar-refractivity contribution in [2.24, 2.45) is 0 Å². The quantitative estimate of drug-likeness (QED) is 0.438. The number of rotatable bonds is 7. The predicted molar refractivity (Wildman–Crippen MR) is 85.7 cm³/mol. The van der Waals surface area contributed by atoms with Crippen molar-refractivity contribution < 1.29 is 13.9 Å². The Morgan fingerprint density at radius 1 is 1.32 bits per heavy atom. The van der Waals surface area contributed by atoms with Crippen LogP contribution in [-0.2, 0) is 9.53 Å². The number of hydrogen-bond acceptors (Lipinski definition) is 6. The number of hydrogen-bond donors (Lipinski definition) is 0. The zero-order valence-electron chi connectivity index (χ0n) is 13.0. The van der Waals surface area contributed by atoms with Gasteiger partial charge in [-0.15, -0.1) is 10.2 Å². The molecule has 6 heteroatoms. The maximum absolute atomic E-state index is 11.8. The van der Waals surface area contributed by atoms with Gasteiger partial charge in [0.05, 0.1) is 6.61 Å². The van der Waals surface area contributed by atoms with Crippen molar-refractivity contribution in [3.05, 3.63) is 29.8 Å². The number of ether oxygens (including phenoxy) is 1. The number of nitrogens with zero attached hydrogens (tertiary/aromatic N) is 2. The SMILES string of the molecule is CCCCOC(=O)C(C)Sc1nnc(-c2ccc(C)cc2)o1. The molecule has 0 saturated carbocycles. The van der Waals surface area contributed by atoms with Crippen LogP contribution < -0.4 is 0 Å². The van der Waals surface area contributed by atoms with Gasteiger partial charge < -0.3 is 9.15 Å². The molecule has 1 heterocycles. The van der Waals surface area contributed by atoms with E-state index in [0.717, 1.165) is 18.4 Å². The molecular formula is C16H20N2O3S. The van der Waals surface area contributed by atoms with Gasteiger partial charge in [-0.25, -0.2) is 0 Å². The highest BCUT2D eigenvalue weighted by atomic mass is 32.2. The van der Waals surface area contributed by atoms with E-state index in [0.29, 0.717) is 17.7 Å². The number of carbonyl (C=O) groups is 1. The highest BCUT2D eigenvalue weighted by Gasteiger charge is 2.19. The van der Waals surface area contributed by atoms with E-state index in [1.807, 2.05) is 31.2 Å². The van der Waals surface area contributed by atoms with E-state index >= 15 is 0 Å². The lowest BCUT2D eigenvalue weighted by molar-refractivity contribution is -0.142. The van der Waals surface area contributed by atoms with Crippen LogP contribution in [-0.4, -0.2) is 28.0 Å². The van der Waals surface area contributed by atoms with Gasteiger partial charge in [-0.05, 0) is 32.4 Å². The third-order valence-electron chi connectivity index (χ3n) is 3.06. The van der Waals surface area contributed by atoms with Crippen molar-refractivity contribution in [1.82, 2.24) is 10.2 Å². The third-order valence-corrected chi connectivity index (χ3v) is 3.97. The fraction of sp³-hybridized carbons (Fsp3) is 0.438.